The Bertz CT molecular complexity index is 792. The molecule has 2 N–H and O–H groups in total. The minimum Gasteiger partial charge on any atom is -0.318 e. The number of nitrogens with one attached hydrogen (secondary N) is 2. The lowest BCUT2D eigenvalue weighted by Gasteiger charge is -2.09. The molecule has 0 aliphatic heterocycles. The van der Waals surface area contributed by atoms with Crippen molar-refractivity contribution in [1.29, 1.82) is 0 Å². The summed E-state index contributed by atoms with van der Waals surface area (Å²) >= 11 is 2.14. The van der Waals surface area contributed by atoms with E-state index in [1.54, 1.807) is 19.1 Å². The molecule has 118 valence electrons. The van der Waals surface area contributed by atoms with Crippen molar-refractivity contribution in [2.45, 2.75) is 6.92 Å². The van der Waals surface area contributed by atoms with Crippen LogP contribution < -0.4 is 10.6 Å². The Hall–Kier alpha value is -2.49. The Morgan fingerprint density at radius 3 is 2.26 bits per heavy atom. The van der Waals surface area contributed by atoms with Crippen LogP contribution in [-0.2, 0) is 9.59 Å². The number of benzene rings is 2. The second kappa shape index (κ2) is 7.18. The number of nitrogens with zero attached hydrogens (tertiary/aromatic N) is 1. The second-order valence-corrected chi connectivity index (χ2v) is 5.89. The third-order valence-electron chi connectivity index (χ3n) is 2.99. The van der Waals surface area contributed by atoms with E-state index in [1.165, 1.54) is 24.3 Å². The van der Waals surface area contributed by atoms with Crippen LogP contribution in [0.3, 0.4) is 0 Å². The minimum atomic E-state index is -0.975. The molecule has 23 heavy (non-hydrogen) atoms. The molecule has 0 unspecified atom stereocenters. The Morgan fingerprint density at radius 2 is 1.65 bits per heavy atom. The number of amides is 2. The van der Waals surface area contributed by atoms with Gasteiger partial charge in [0.1, 0.15) is 5.69 Å². The van der Waals surface area contributed by atoms with Crippen molar-refractivity contribution in [1.82, 2.24) is 0 Å². The average molecular weight is 425 g/mol. The molecule has 2 rings (SSSR count). The molecule has 0 aliphatic carbocycles. The number of halogens is 1. The van der Waals surface area contributed by atoms with Gasteiger partial charge in [0.25, 0.3) is 5.69 Å². The third kappa shape index (κ3) is 4.25. The van der Waals surface area contributed by atoms with Crippen molar-refractivity contribution >= 4 is 51.5 Å². The number of anilines is 2. The van der Waals surface area contributed by atoms with E-state index in [0.29, 0.717) is 5.69 Å². The van der Waals surface area contributed by atoms with Gasteiger partial charge in [0.2, 0.25) is 0 Å². The SMILES string of the molecule is Cc1cc(I)ccc1NC(=O)C(=O)Nc1ccccc1[N+](=O)[O-]. The van der Waals surface area contributed by atoms with Gasteiger partial charge in [0, 0.05) is 15.3 Å². The molecule has 7 nitrogen and oxygen atoms in total. The van der Waals surface area contributed by atoms with E-state index in [0.717, 1.165) is 9.13 Å². The summed E-state index contributed by atoms with van der Waals surface area (Å²) in [6.07, 6.45) is 0. The maximum Gasteiger partial charge on any atom is 0.314 e. The van der Waals surface area contributed by atoms with Crippen molar-refractivity contribution in [3.63, 3.8) is 0 Å². The first-order chi connectivity index (χ1) is 10.9. The van der Waals surface area contributed by atoms with E-state index in [9.17, 15) is 19.7 Å². The van der Waals surface area contributed by atoms with E-state index >= 15 is 0 Å². The van der Waals surface area contributed by atoms with E-state index < -0.39 is 16.7 Å². The van der Waals surface area contributed by atoms with Gasteiger partial charge in [-0.05, 0) is 59.3 Å². The van der Waals surface area contributed by atoms with Crippen molar-refractivity contribution < 1.29 is 14.5 Å². The number of hydrogen-bond acceptors (Lipinski definition) is 4. The fourth-order valence-corrected chi connectivity index (χ4v) is 2.51. The zero-order valence-electron chi connectivity index (χ0n) is 12.0. The summed E-state index contributed by atoms with van der Waals surface area (Å²) in [7, 11) is 0. The third-order valence-corrected chi connectivity index (χ3v) is 3.66. The molecule has 0 atom stereocenters. The Labute approximate surface area is 145 Å². The lowest BCUT2D eigenvalue weighted by atomic mass is 10.2. The first kappa shape index (κ1) is 16.9. The average Bonchev–Trinajstić information content (AvgIpc) is 2.50. The van der Waals surface area contributed by atoms with E-state index in [2.05, 4.69) is 33.2 Å². The van der Waals surface area contributed by atoms with Crippen LogP contribution in [-0.4, -0.2) is 16.7 Å². The Morgan fingerprint density at radius 1 is 1.04 bits per heavy atom. The van der Waals surface area contributed by atoms with Gasteiger partial charge in [-0.2, -0.15) is 0 Å². The first-order valence-electron chi connectivity index (χ1n) is 6.50. The molecular weight excluding hydrogens is 413 g/mol. The summed E-state index contributed by atoms with van der Waals surface area (Å²) in [6, 6.07) is 11.0. The van der Waals surface area contributed by atoms with Gasteiger partial charge in [-0.15, -0.1) is 0 Å². The number of aryl methyl sites for hydroxylation is 1. The monoisotopic (exact) mass is 425 g/mol. The van der Waals surface area contributed by atoms with Gasteiger partial charge < -0.3 is 10.6 Å². The maximum atomic E-state index is 11.9. The van der Waals surface area contributed by atoms with Crippen molar-refractivity contribution in [3.8, 4) is 0 Å². The molecule has 2 aromatic carbocycles. The number of hydrogen-bond donors (Lipinski definition) is 2. The Balaban J connectivity index is 2.12. The number of carbonyl (C=O) groups excluding carboxylic acids is 2. The lowest BCUT2D eigenvalue weighted by molar-refractivity contribution is -0.383. The molecule has 8 heteroatoms. The Kier molecular flexibility index (Phi) is 5.27. The number of carbonyl (C=O) groups is 2. The van der Waals surface area contributed by atoms with E-state index in [-0.39, 0.29) is 11.4 Å². The van der Waals surface area contributed by atoms with Crippen LogP contribution in [0.25, 0.3) is 0 Å². The predicted molar refractivity (Wildman–Crippen MR) is 94.3 cm³/mol. The quantitative estimate of drug-likeness (QED) is 0.342. The van der Waals surface area contributed by atoms with Crippen LogP contribution in [0.2, 0.25) is 0 Å². The summed E-state index contributed by atoms with van der Waals surface area (Å²) in [5, 5.41) is 15.6. The van der Waals surface area contributed by atoms with Gasteiger partial charge in [-0.25, -0.2) is 0 Å². The van der Waals surface area contributed by atoms with Crippen LogP contribution in [0.4, 0.5) is 17.1 Å². The fraction of sp³-hybridized carbons (Fsp3) is 0.0667. The molecule has 0 aromatic heterocycles. The van der Waals surface area contributed by atoms with Gasteiger partial charge in [-0.3, -0.25) is 19.7 Å². The smallest absolute Gasteiger partial charge is 0.314 e. The van der Waals surface area contributed by atoms with E-state index in [1.807, 2.05) is 6.07 Å². The van der Waals surface area contributed by atoms with Crippen molar-refractivity contribution in [3.05, 3.63) is 61.7 Å². The molecule has 0 bridgehead atoms. The number of nitro benzene ring substituents is 1. The van der Waals surface area contributed by atoms with E-state index in [4.69, 9.17) is 0 Å². The number of para-hydroxylation sites is 2. The molecule has 0 aliphatic rings. The molecule has 2 amide bonds. The topological polar surface area (TPSA) is 101 Å². The van der Waals surface area contributed by atoms with Crippen molar-refractivity contribution in [2.24, 2.45) is 0 Å². The highest BCUT2D eigenvalue weighted by molar-refractivity contribution is 14.1. The molecule has 0 heterocycles. The number of rotatable bonds is 3. The van der Waals surface area contributed by atoms with Crippen LogP contribution in [0.15, 0.2) is 42.5 Å². The highest BCUT2D eigenvalue weighted by Gasteiger charge is 2.20. The van der Waals surface area contributed by atoms with Crippen LogP contribution in [0, 0.1) is 20.6 Å². The standard InChI is InChI=1S/C15H12IN3O4/c1-9-8-10(16)6-7-11(9)17-14(20)15(21)18-12-4-2-3-5-13(12)19(22)23/h2-8H,1H3,(H,17,20)(H,18,21). The highest BCUT2D eigenvalue weighted by atomic mass is 127. The maximum absolute atomic E-state index is 11.9. The number of nitro groups is 1. The molecule has 2 aromatic rings. The van der Waals surface area contributed by atoms with Crippen molar-refractivity contribution in [2.75, 3.05) is 10.6 Å². The first-order valence-corrected chi connectivity index (χ1v) is 7.58. The molecule has 0 saturated heterocycles. The summed E-state index contributed by atoms with van der Waals surface area (Å²) in [5.74, 6) is -1.87. The fourth-order valence-electron chi connectivity index (χ4n) is 1.86. The summed E-state index contributed by atoms with van der Waals surface area (Å²) < 4.78 is 1.00. The highest BCUT2D eigenvalue weighted by Crippen LogP contribution is 2.23. The summed E-state index contributed by atoms with van der Waals surface area (Å²) in [4.78, 5) is 34.1. The zero-order chi connectivity index (χ0) is 17.0. The van der Waals surface area contributed by atoms with Crippen LogP contribution in [0.1, 0.15) is 5.56 Å². The molecule has 0 radical (unpaired) electrons. The van der Waals surface area contributed by atoms with Gasteiger partial charge in [-0.1, -0.05) is 12.1 Å². The second-order valence-electron chi connectivity index (χ2n) is 4.64. The predicted octanol–water partition coefficient (Wildman–Crippen LogP) is 3.09. The molecule has 0 fully saturated rings. The largest absolute Gasteiger partial charge is 0.318 e. The van der Waals surface area contributed by atoms with Gasteiger partial charge >= 0.3 is 11.8 Å². The molecular formula is C15H12IN3O4. The van der Waals surface area contributed by atoms with Gasteiger partial charge in [0.15, 0.2) is 0 Å². The van der Waals surface area contributed by atoms with Crippen LogP contribution in [0.5, 0.6) is 0 Å². The molecule has 0 saturated carbocycles. The zero-order valence-corrected chi connectivity index (χ0v) is 14.2. The van der Waals surface area contributed by atoms with Gasteiger partial charge in [0.05, 0.1) is 4.92 Å². The van der Waals surface area contributed by atoms with Crippen LogP contribution >= 0.6 is 22.6 Å². The molecule has 0 spiro atoms. The lowest BCUT2D eigenvalue weighted by Crippen LogP contribution is -2.29. The summed E-state index contributed by atoms with van der Waals surface area (Å²) in [6.45, 7) is 1.80. The normalized spacial score (nSPS) is 10.0. The minimum absolute atomic E-state index is 0.0306. The summed E-state index contributed by atoms with van der Waals surface area (Å²) in [5.41, 5.74) is 1.01.